The van der Waals surface area contributed by atoms with Crippen LogP contribution in [0.5, 0.6) is 0 Å². The summed E-state index contributed by atoms with van der Waals surface area (Å²) in [6.45, 7) is 3.24. The van der Waals surface area contributed by atoms with Crippen LogP contribution in [0.1, 0.15) is 32.1 Å². The number of rotatable bonds is 2. The smallest absolute Gasteiger partial charge is 0.135 e. The van der Waals surface area contributed by atoms with Crippen molar-refractivity contribution < 1.29 is 4.79 Å². The van der Waals surface area contributed by atoms with Crippen LogP contribution in [0.15, 0.2) is 0 Å². The second kappa shape index (κ2) is 5.17. The van der Waals surface area contributed by atoms with E-state index in [9.17, 15) is 4.79 Å². The van der Waals surface area contributed by atoms with Gasteiger partial charge in [0.05, 0.1) is 0 Å². The molecule has 14 heavy (non-hydrogen) atoms. The number of piperidine rings is 1. The van der Waals surface area contributed by atoms with Crippen molar-refractivity contribution >= 4 is 17.5 Å². The molecule has 2 aliphatic rings. The van der Waals surface area contributed by atoms with E-state index in [-0.39, 0.29) is 0 Å². The van der Waals surface area contributed by atoms with E-state index in [0.717, 1.165) is 31.2 Å². The highest BCUT2D eigenvalue weighted by Crippen LogP contribution is 2.26. The first-order valence-electron chi connectivity index (χ1n) is 5.70. The van der Waals surface area contributed by atoms with E-state index < -0.39 is 0 Å². The van der Waals surface area contributed by atoms with E-state index in [4.69, 9.17) is 0 Å². The Kier molecular flexibility index (Phi) is 3.88. The van der Waals surface area contributed by atoms with E-state index in [1.165, 1.54) is 31.6 Å². The first kappa shape index (κ1) is 10.5. The molecule has 0 saturated carbocycles. The molecule has 1 unspecified atom stereocenters. The topological polar surface area (TPSA) is 20.3 Å². The molecule has 0 N–H and O–H groups in total. The van der Waals surface area contributed by atoms with Crippen molar-refractivity contribution in [3.8, 4) is 0 Å². The molecule has 3 heteroatoms. The van der Waals surface area contributed by atoms with Crippen LogP contribution in [0.4, 0.5) is 0 Å². The molecule has 2 saturated heterocycles. The van der Waals surface area contributed by atoms with Crippen LogP contribution in [-0.4, -0.2) is 41.3 Å². The fourth-order valence-electron chi connectivity index (χ4n) is 2.22. The van der Waals surface area contributed by atoms with Crippen LogP contribution >= 0.6 is 11.8 Å². The molecule has 1 atom stereocenters. The Balaban J connectivity index is 1.71. The summed E-state index contributed by atoms with van der Waals surface area (Å²) in [5, 5.41) is 0.844. The number of nitrogens with zero attached hydrogens (tertiary/aromatic N) is 1. The molecule has 2 heterocycles. The third-order valence-electron chi connectivity index (χ3n) is 3.15. The number of hydrogen-bond donors (Lipinski definition) is 0. The Hall–Kier alpha value is -0.0200. The maximum absolute atomic E-state index is 11.1. The van der Waals surface area contributed by atoms with Gasteiger partial charge in [-0.1, -0.05) is 6.42 Å². The van der Waals surface area contributed by atoms with Crippen LogP contribution in [0.3, 0.4) is 0 Å². The number of Topliss-reactive ketones (excluding diaryl/α,β-unsaturated/α-hetero) is 1. The molecule has 0 amide bonds. The van der Waals surface area contributed by atoms with Crippen LogP contribution < -0.4 is 0 Å². The zero-order valence-electron chi connectivity index (χ0n) is 8.71. The zero-order chi connectivity index (χ0) is 9.80. The highest BCUT2D eigenvalue weighted by atomic mass is 32.2. The average molecular weight is 213 g/mol. The minimum atomic E-state index is 0.456. The van der Waals surface area contributed by atoms with Crippen molar-refractivity contribution in [3.63, 3.8) is 0 Å². The molecule has 0 spiro atoms. The minimum Gasteiger partial charge on any atom is -0.301 e. The van der Waals surface area contributed by atoms with Gasteiger partial charge in [-0.2, -0.15) is 11.8 Å². The van der Waals surface area contributed by atoms with Gasteiger partial charge in [0.1, 0.15) is 5.78 Å². The molecule has 0 aromatic heterocycles. The number of carbonyl (C=O) groups excluding carboxylic acids is 1. The lowest BCUT2D eigenvalue weighted by Crippen LogP contribution is -2.38. The van der Waals surface area contributed by atoms with E-state index in [1.54, 1.807) is 0 Å². The Bertz CT molecular complexity index is 191. The number of carbonyl (C=O) groups is 1. The summed E-state index contributed by atoms with van der Waals surface area (Å²) in [5.41, 5.74) is 0. The molecular weight excluding hydrogens is 194 g/mol. The van der Waals surface area contributed by atoms with Gasteiger partial charge in [-0.05, 0) is 18.6 Å². The van der Waals surface area contributed by atoms with Crippen LogP contribution in [0.25, 0.3) is 0 Å². The quantitative estimate of drug-likeness (QED) is 0.699. The monoisotopic (exact) mass is 213 g/mol. The molecule has 0 aliphatic carbocycles. The van der Waals surface area contributed by atoms with Gasteiger partial charge in [-0.25, -0.2) is 0 Å². The summed E-state index contributed by atoms with van der Waals surface area (Å²) >= 11 is 2.13. The molecule has 0 bridgehead atoms. The lowest BCUT2D eigenvalue weighted by atomic mass is 10.1. The lowest BCUT2D eigenvalue weighted by molar-refractivity contribution is -0.121. The van der Waals surface area contributed by atoms with E-state index in [0.29, 0.717) is 5.78 Å². The zero-order valence-corrected chi connectivity index (χ0v) is 9.52. The van der Waals surface area contributed by atoms with E-state index >= 15 is 0 Å². The van der Waals surface area contributed by atoms with Crippen molar-refractivity contribution in [1.29, 1.82) is 0 Å². The van der Waals surface area contributed by atoms with Gasteiger partial charge in [0.15, 0.2) is 0 Å². The Labute approximate surface area is 90.4 Å². The van der Waals surface area contributed by atoms with Gasteiger partial charge in [0, 0.05) is 37.7 Å². The first-order chi connectivity index (χ1) is 6.84. The third-order valence-corrected chi connectivity index (χ3v) is 4.53. The van der Waals surface area contributed by atoms with Gasteiger partial charge in [-0.3, -0.25) is 4.79 Å². The van der Waals surface area contributed by atoms with Crippen molar-refractivity contribution in [1.82, 2.24) is 4.90 Å². The minimum absolute atomic E-state index is 0.456. The Morgan fingerprint density at radius 3 is 2.71 bits per heavy atom. The van der Waals surface area contributed by atoms with Crippen molar-refractivity contribution in [2.24, 2.45) is 0 Å². The molecule has 2 aliphatic heterocycles. The molecule has 2 rings (SSSR count). The summed E-state index contributed by atoms with van der Waals surface area (Å²) in [5.74, 6) is 1.80. The molecule has 80 valence electrons. The third kappa shape index (κ3) is 2.99. The van der Waals surface area contributed by atoms with Crippen LogP contribution in [-0.2, 0) is 4.79 Å². The first-order valence-corrected chi connectivity index (χ1v) is 6.75. The molecule has 0 aromatic rings. The van der Waals surface area contributed by atoms with Gasteiger partial charge in [-0.15, -0.1) is 0 Å². The number of thioether (sulfide) groups is 1. The standard InChI is InChI=1S/C11H19NOS/c13-10-4-6-12(7-5-10)9-11-3-1-2-8-14-11/h11H,1-9H2. The maximum atomic E-state index is 11.1. The van der Waals surface area contributed by atoms with Crippen molar-refractivity contribution in [2.75, 3.05) is 25.4 Å². The van der Waals surface area contributed by atoms with Crippen LogP contribution in [0, 0.1) is 0 Å². The summed E-state index contributed by atoms with van der Waals surface area (Å²) in [6.07, 6.45) is 5.77. The number of likely N-dealkylation sites (tertiary alicyclic amines) is 1. The summed E-state index contributed by atoms with van der Waals surface area (Å²) in [6, 6.07) is 0. The van der Waals surface area contributed by atoms with E-state index in [1.807, 2.05) is 0 Å². The second-order valence-corrected chi connectivity index (χ2v) is 5.74. The van der Waals surface area contributed by atoms with Gasteiger partial charge >= 0.3 is 0 Å². The van der Waals surface area contributed by atoms with E-state index in [2.05, 4.69) is 16.7 Å². The predicted octanol–water partition coefficient (Wildman–Crippen LogP) is 1.94. The molecule has 0 radical (unpaired) electrons. The normalized spacial score (nSPS) is 30.6. The van der Waals surface area contributed by atoms with Gasteiger partial charge < -0.3 is 4.90 Å². The predicted molar refractivity (Wildman–Crippen MR) is 60.8 cm³/mol. The fourth-order valence-corrected chi connectivity index (χ4v) is 3.58. The number of hydrogen-bond acceptors (Lipinski definition) is 3. The molecule has 2 nitrogen and oxygen atoms in total. The average Bonchev–Trinajstić information content (AvgIpc) is 2.23. The Morgan fingerprint density at radius 1 is 1.29 bits per heavy atom. The van der Waals surface area contributed by atoms with Gasteiger partial charge in [0.2, 0.25) is 0 Å². The van der Waals surface area contributed by atoms with Crippen LogP contribution in [0.2, 0.25) is 0 Å². The maximum Gasteiger partial charge on any atom is 0.135 e. The summed E-state index contributed by atoms with van der Waals surface area (Å²) < 4.78 is 0. The highest BCUT2D eigenvalue weighted by Gasteiger charge is 2.21. The molecular formula is C11H19NOS. The Morgan fingerprint density at radius 2 is 2.07 bits per heavy atom. The highest BCUT2D eigenvalue weighted by molar-refractivity contribution is 7.99. The molecule has 0 aromatic carbocycles. The largest absolute Gasteiger partial charge is 0.301 e. The van der Waals surface area contributed by atoms with Crippen molar-refractivity contribution in [3.05, 3.63) is 0 Å². The number of ketones is 1. The fraction of sp³-hybridized carbons (Fsp3) is 0.909. The summed E-state index contributed by atoms with van der Waals surface area (Å²) in [7, 11) is 0. The molecule has 2 fully saturated rings. The van der Waals surface area contributed by atoms with Gasteiger partial charge in [0.25, 0.3) is 0 Å². The second-order valence-electron chi connectivity index (χ2n) is 4.33. The lowest BCUT2D eigenvalue weighted by Gasteiger charge is -2.31. The summed E-state index contributed by atoms with van der Waals surface area (Å²) in [4.78, 5) is 13.5. The SMILES string of the molecule is O=C1CCN(CC2CCCCS2)CC1. The van der Waals surface area contributed by atoms with Crippen molar-refractivity contribution in [2.45, 2.75) is 37.4 Å².